The van der Waals surface area contributed by atoms with Gasteiger partial charge in [0, 0.05) is 31.6 Å². The van der Waals surface area contributed by atoms with Crippen molar-refractivity contribution >= 4 is 5.91 Å². The number of allylic oxidation sites excluding steroid dienone is 2. The standard InChI is InChI=1S/C13H22N2O/c1-5-14-13(10(2)3)12-6-8-15(9-7-12)11(4)16/h5,12,14H,1,6-9H2,2-4H3. The fraction of sp³-hybridized carbons (Fsp3) is 0.615. The lowest BCUT2D eigenvalue weighted by Crippen LogP contribution is -2.38. The molecule has 16 heavy (non-hydrogen) atoms. The van der Waals surface area contributed by atoms with Gasteiger partial charge in [0.1, 0.15) is 0 Å². The zero-order chi connectivity index (χ0) is 12.1. The minimum Gasteiger partial charge on any atom is -0.365 e. The molecule has 0 bridgehead atoms. The van der Waals surface area contributed by atoms with Gasteiger partial charge in [-0.25, -0.2) is 0 Å². The van der Waals surface area contributed by atoms with Crippen molar-refractivity contribution in [2.24, 2.45) is 5.92 Å². The molecule has 0 radical (unpaired) electrons. The second-order valence-corrected chi connectivity index (χ2v) is 4.54. The van der Waals surface area contributed by atoms with Crippen LogP contribution >= 0.6 is 0 Å². The Morgan fingerprint density at radius 3 is 2.25 bits per heavy atom. The van der Waals surface area contributed by atoms with Gasteiger partial charge in [-0.15, -0.1) is 0 Å². The molecule has 0 saturated carbocycles. The quantitative estimate of drug-likeness (QED) is 0.794. The predicted octanol–water partition coefficient (Wildman–Crippen LogP) is 2.27. The zero-order valence-corrected chi connectivity index (χ0v) is 10.5. The molecule has 0 aliphatic carbocycles. The molecule has 0 spiro atoms. The van der Waals surface area contributed by atoms with Crippen molar-refractivity contribution in [1.82, 2.24) is 10.2 Å². The number of nitrogens with zero attached hydrogens (tertiary/aromatic N) is 1. The predicted molar refractivity (Wildman–Crippen MR) is 66.7 cm³/mol. The highest BCUT2D eigenvalue weighted by molar-refractivity contribution is 5.73. The average Bonchev–Trinajstić information content (AvgIpc) is 2.25. The van der Waals surface area contributed by atoms with Crippen molar-refractivity contribution in [2.75, 3.05) is 13.1 Å². The molecule has 1 saturated heterocycles. The van der Waals surface area contributed by atoms with E-state index in [1.807, 2.05) is 4.90 Å². The normalized spacial score (nSPS) is 16.8. The Labute approximate surface area is 98.2 Å². The first-order valence-electron chi connectivity index (χ1n) is 5.86. The van der Waals surface area contributed by atoms with E-state index in [0.29, 0.717) is 5.92 Å². The van der Waals surface area contributed by atoms with Crippen LogP contribution in [0.4, 0.5) is 0 Å². The summed E-state index contributed by atoms with van der Waals surface area (Å²) in [5.41, 5.74) is 2.58. The van der Waals surface area contributed by atoms with E-state index in [0.717, 1.165) is 25.9 Å². The molecule has 0 aromatic rings. The molecule has 1 aliphatic heterocycles. The van der Waals surface area contributed by atoms with Gasteiger partial charge in [0.25, 0.3) is 0 Å². The highest BCUT2D eigenvalue weighted by Gasteiger charge is 2.23. The summed E-state index contributed by atoms with van der Waals surface area (Å²) >= 11 is 0. The number of piperidine rings is 1. The maximum atomic E-state index is 11.2. The van der Waals surface area contributed by atoms with E-state index in [1.165, 1.54) is 11.3 Å². The number of nitrogens with one attached hydrogen (secondary N) is 1. The number of amides is 1. The van der Waals surface area contributed by atoms with E-state index < -0.39 is 0 Å². The van der Waals surface area contributed by atoms with Crippen LogP contribution in [-0.4, -0.2) is 23.9 Å². The summed E-state index contributed by atoms with van der Waals surface area (Å²) in [7, 11) is 0. The van der Waals surface area contributed by atoms with Gasteiger partial charge in [-0.1, -0.05) is 12.2 Å². The Bertz CT molecular complexity index is 295. The third-order valence-corrected chi connectivity index (χ3v) is 3.14. The molecule has 0 atom stereocenters. The lowest BCUT2D eigenvalue weighted by atomic mass is 9.91. The van der Waals surface area contributed by atoms with E-state index in [1.54, 1.807) is 13.1 Å². The van der Waals surface area contributed by atoms with Crippen molar-refractivity contribution in [3.63, 3.8) is 0 Å². The molecular weight excluding hydrogens is 200 g/mol. The van der Waals surface area contributed by atoms with Crippen molar-refractivity contribution in [1.29, 1.82) is 0 Å². The second kappa shape index (κ2) is 5.73. The minimum atomic E-state index is 0.189. The topological polar surface area (TPSA) is 32.3 Å². The summed E-state index contributed by atoms with van der Waals surface area (Å²) in [6, 6.07) is 0. The van der Waals surface area contributed by atoms with Crippen molar-refractivity contribution in [2.45, 2.75) is 33.6 Å². The van der Waals surface area contributed by atoms with Crippen molar-refractivity contribution < 1.29 is 4.79 Å². The number of carbonyl (C=O) groups is 1. The van der Waals surface area contributed by atoms with Gasteiger partial charge in [0.15, 0.2) is 0 Å². The number of hydrogen-bond donors (Lipinski definition) is 1. The summed E-state index contributed by atoms with van der Waals surface area (Å²) in [5.74, 6) is 0.729. The molecule has 3 heteroatoms. The molecule has 90 valence electrons. The van der Waals surface area contributed by atoms with Crippen molar-refractivity contribution in [3.8, 4) is 0 Å². The smallest absolute Gasteiger partial charge is 0.219 e. The Balaban J connectivity index is 2.61. The van der Waals surface area contributed by atoms with Gasteiger partial charge in [0.05, 0.1) is 0 Å². The zero-order valence-electron chi connectivity index (χ0n) is 10.5. The summed E-state index contributed by atoms with van der Waals surface area (Å²) in [6.07, 6.45) is 3.82. The Morgan fingerprint density at radius 1 is 1.31 bits per heavy atom. The van der Waals surface area contributed by atoms with Gasteiger partial charge in [-0.3, -0.25) is 4.79 Å². The van der Waals surface area contributed by atoms with Crippen LogP contribution < -0.4 is 5.32 Å². The van der Waals surface area contributed by atoms with E-state index in [2.05, 4.69) is 25.7 Å². The van der Waals surface area contributed by atoms with Crippen LogP contribution in [0.15, 0.2) is 24.0 Å². The Kier molecular flexibility index (Phi) is 4.59. The largest absolute Gasteiger partial charge is 0.365 e. The summed E-state index contributed by atoms with van der Waals surface area (Å²) in [4.78, 5) is 13.1. The summed E-state index contributed by atoms with van der Waals surface area (Å²) in [5, 5.41) is 3.24. The number of hydrogen-bond acceptors (Lipinski definition) is 2. The first-order chi connectivity index (χ1) is 7.56. The van der Waals surface area contributed by atoms with Crippen LogP contribution in [0.3, 0.4) is 0 Å². The van der Waals surface area contributed by atoms with Gasteiger partial charge < -0.3 is 10.2 Å². The van der Waals surface area contributed by atoms with Crippen LogP contribution in [0.25, 0.3) is 0 Å². The molecule has 1 heterocycles. The fourth-order valence-corrected chi connectivity index (χ4v) is 2.26. The monoisotopic (exact) mass is 222 g/mol. The molecule has 1 aliphatic rings. The van der Waals surface area contributed by atoms with Crippen LogP contribution in [0.2, 0.25) is 0 Å². The first-order valence-corrected chi connectivity index (χ1v) is 5.86. The maximum absolute atomic E-state index is 11.2. The van der Waals surface area contributed by atoms with Crippen LogP contribution in [-0.2, 0) is 4.79 Å². The van der Waals surface area contributed by atoms with Crippen LogP contribution in [0.1, 0.15) is 33.6 Å². The summed E-state index contributed by atoms with van der Waals surface area (Å²) in [6.45, 7) is 11.3. The number of rotatable bonds is 3. The van der Waals surface area contributed by atoms with Crippen LogP contribution in [0, 0.1) is 5.92 Å². The first kappa shape index (κ1) is 12.8. The van der Waals surface area contributed by atoms with Gasteiger partial charge in [-0.2, -0.15) is 0 Å². The molecule has 1 N–H and O–H groups in total. The Morgan fingerprint density at radius 2 is 1.88 bits per heavy atom. The average molecular weight is 222 g/mol. The molecule has 0 aromatic carbocycles. The molecule has 3 nitrogen and oxygen atoms in total. The molecule has 1 amide bonds. The highest BCUT2D eigenvalue weighted by Crippen LogP contribution is 2.25. The van der Waals surface area contributed by atoms with Crippen molar-refractivity contribution in [3.05, 3.63) is 24.0 Å². The van der Waals surface area contributed by atoms with E-state index in [9.17, 15) is 4.79 Å². The molecular formula is C13H22N2O. The molecule has 1 rings (SSSR count). The van der Waals surface area contributed by atoms with Gasteiger partial charge in [0.2, 0.25) is 5.91 Å². The third kappa shape index (κ3) is 3.12. The molecule has 0 aromatic heterocycles. The Hall–Kier alpha value is -1.25. The van der Waals surface area contributed by atoms with Gasteiger partial charge >= 0.3 is 0 Å². The van der Waals surface area contributed by atoms with E-state index in [4.69, 9.17) is 0 Å². The van der Waals surface area contributed by atoms with Gasteiger partial charge in [-0.05, 0) is 32.9 Å². The SMILES string of the molecule is C=CNC(=C(C)C)C1CCN(C(C)=O)CC1. The molecule has 0 unspecified atom stereocenters. The second-order valence-electron chi connectivity index (χ2n) is 4.54. The van der Waals surface area contributed by atoms with E-state index in [-0.39, 0.29) is 5.91 Å². The lowest BCUT2D eigenvalue weighted by molar-refractivity contribution is -0.130. The van der Waals surface area contributed by atoms with Crippen LogP contribution in [0.5, 0.6) is 0 Å². The fourth-order valence-electron chi connectivity index (χ4n) is 2.26. The third-order valence-electron chi connectivity index (χ3n) is 3.14. The molecule has 1 fully saturated rings. The highest BCUT2D eigenvalue weighted by atomic mass is 16.2. The number of carbonyl (C=O) groups excluding carboxylic acids is 1. The lowest BCUT2D eigenvalue weighted by Gasteiger charge is -2.33. The van der Waals surface area contributed by atoms with E-state index >= 15 is 0 Å². The minimum absolute atomic E-state index is 0.189. The maximum Gasteiger partial charge on any atom is 0.219 e. The number of likely N-dealkylation sites (tertiary alicyclic amines) is 1. The summed E-state index contributed by atoms with van der Waals surface area (Å²) < 4.78 is 0.